The lowest BCUT2D eigenvalue weighted by atomic mass is 10.1. The molecule has 1 rings (SSSR count). The first-order valence-corrected chi connectivity index (χ1v) is 7.22. The van der Waals surface area contributed by atoms with E-state index in [0.29, 0.717) is 0 Å². The van der Waals surface area contributed by atoms with Gasteiger partial charge in [0, 0.05) is 26.3 Å². The summed E-state index contributed by atoms with van der Waals surface area (Å²) in [5, 5.41) is 1.60. The van der Waals surface area contributed by atoms with Crippen molar-refractivity contribution >= 4 is 8.69 Å². The van der Waals surface area contributed by atoms with E-state index in [-0.39, 0.29) is 14.7 Å². The van der Waals surface area contributed by atoms with Crippen LogP contribution in [-0.4, -0.2) is 31.4 Å². The van der Waals surface area contributed by atoms with Crippen molar-refractivity contribution < 1.29 is 13.9 Å². The average Bonchev–Trinajstić information content (AvgIpc) is 2.42. The molecule has 0 aliphatic rings. The summed E-state index contributed by atoms with van der Waals surface area (Å²) in [7, 11) is 1.47. The van der Waals surface area contributed by atoms with E-state index in [1.54, 1.807) is 12.1 Å². The lowest BCUT2D eigenvalue weighted by Gasteiger charge is -2.20. The fourth-order valence-electron chi connectivity index (χ4n) is 1.42. The Kier molecular flexibility index (Phi) is 11.7. The van der Waals surface area contributed by atoms with Gasteiger partial charge in [0.1, 0.15) is 0 Å². The largest absolute Gasteiger partial charge is 0.382 e. The molecule has 0 aromatic heterocycles. The summed E-state index contributed by atoms with van der Waals surface area (Å²) >= 11 is 0. The van der Waals surface area contributed by atoms with E-state index in [4.69, 9.17) is 9.36 Å². The van der Waals surface area contributed by atoms with Crippen LogP contribution in [0.1, 0.15) is 26.3 Å². The molecule has 0 saturated carbocycles. The van der Waals surface area contributed by atoms with Gasteiger partial charge < -0.3 is 4.74 Å². The second-order valence-corrected chi connectivity index (χ2v) is 4.33. The van der Waals surface area contributed by atoms with Crippen LogP contribution in [0.2, 0.25) is 0 Å². The number of nitrogens with zero attached hydrogens (tertiary/aromatic N) is 1. The van der Waals surface area contributed by atoms with Gasteiger partial charge in [-0.25, -0.2) is 9.19 Å². The van der Waals surface area contributed by atoms with Gasteiger partial charge in [-0.05, 0) is 32.8 Å². The summed E-state index contributed by atoms with van der Waals surface area (Å²) in [6.07, 6.45) is 0.882. The minimum atomic E-state index is -0.304. The molecule has 0 radical (unpaired) electrons. The van der Waals surface area contributed by atoms with E-state index < -0.39 is 0 Å². The molecule has 0 N–H and O–H groups in total. The van der Waals surface area contributed by atoms with Crippen LogP contribution < -0.4 is 0 Å². The highest BCUT2D eigenvalue weighted by molar-refractivity contribution is 7.17. The van der Waals surface area contributed by atoms with Crippen molar-refractivity contribution in [3.63, 3.8) is 0 Å². The van der Waals surface area contributed by atoms with Crippen LogP contribution in [0.4, 0.5) is 0 Å². The van der Waals surface area contributed by atoms with Crippen LogP contribution in [0.3, 0.4) is 0 Å². The van der Waals surface area contributed by atoms with Gasteiger partial charge in [-0.2, -0.15) is 5.06 Å². The first kappa shape index (κ1) is 18.2. The molecule has 0 amide bonds. The SMILES string of the molecule is CCOCC.C[C@@H](Cc1ccccc1)N(C)OP=O. The quantitative estimate of drug-likeness (QED) is 0.565. The van der Waals surface area contributed by atoms with Crippen LogP contribution in [0.5, 0.6) is 0 Å². The predicted octanol–water partition coefficient (Wildman–Crippen LogP) is 3.73. The minimum absolute atomic E-state index is 0.207. The van der Waals surface area contributed by atoms with Gasteiger partial charge in [-0.3, -0.25) is 0 Å². The number of rotatable bonds is 7. The summed E-state index contributed by atoms with van der Waals surface area (Å²) in [5.41, 5.74) is 1.25. The van der Waals surface area contributed by atoms with Crippen LogP contribution in [0, 0.1) is 0 Å². The minimum Gasteiger partial charge on any atom is -0.382 e. The second-order valence-electron chi connectivity index (χ2n) is 4.02. The van der Waals surface area contributed by atoms with E-state index in [2.05, 4.69) is 12.1 Å². The predicted molar refractivity (Wildman–Crippen MR) is 78.2 cm³/mol. The Morgan fingerprint density at radius 2 is 1.79 bits per heavy atom. The van der Waals surface area contributed by atoms with Crippen molar-refractivity contribution in [3.8, 4) is 0 Å². The Morgan fingerprint density at radius 3 is 2.21 bits per heavy atom. The van der Waals surface area contributed by atoms with E-state index in [1.807, 2.05) is 39.0 Å². The molecule has 0 bridgehead atoms. The van der Waals surface area contributed by atoms with Crippen molar-refractivity contribution in [3.05, 3.63) is 35.9 Å². The third-order valence-electron chi connectivity index (χ3n) is 2.57. The van der Waals surface area contributed by atoms with Gasteiger partial charge >= 0.3 is 8.69 Å². The lowest BCUT2D eigenvalue weighted by Crippen LogP contribution is -2.28. The monoisotopic (exact) mass is 285 g/mol. The summed E-state index contributed by atoms with van der Waals surface area (Å²) in [5.74, 6) is 0. The van der Waals surface area contributed by atoms with Gasteiger partial charge in [0.05, 0.1) is 0 Å². The maximum absolute atomic E-state index is 10.2. The normalized spacial score (nSPS) is 12.1. The summed E-state index contributed by atoms with van der Waals surface area (Å²) in [6, 6.07) is 10.4. The highest BCUT2D eigenvalue weighted by Crippen LogP contribution is 2.10. The molecule has 0 aliphatic carbocycles. The topological polar surface area (TPSA) is 38.8 Å². The molecule has 0 unspecified atom stereocenters. The number of likely N-dealkylation sites (N-methyl/N-ethyl adjacent to an activating group) is 1. The lowest BCUT2D eigenvalue weighted by molar-refractivity contribution is -0.0522. The average molecular weight is 285 g/mol. The zero-order valence-electron chi connectivity index (χ0n) is 12.2. The molecule has 1 aromatic carbocycles. The van der Waals surface area contributed by atoms with E-state index in [1.165, 1.54) is 5.56 Å². The fraction of sp³-hybridized carbons (Fsp3) is 0.571. The Balaban J connectivity index is 0.000000555. The van der Waals surface area contributed by atoms with Crippen molar-refractivity contribution in [2.45, 2.75) is 33.2 Å². The number of hydrogen-bond donors (Lipinski definition) is 0. The molecule has 1 atom stereocenters. The van der Waals surface area contributed by atoms with Crippen LogP contribution in [-0.2, 0) is 20.3 Å². The van der Waals surface area contributed by atoms with Gasteiger partial charge in [-0.15, -0.1) is 0 Å². The van der Waals surface area contributed by atoms with Gasteiger partial charge in [0.2, 0.25) is 0 Å². The first-order chi connectivity index (χ1) is 9.15. The smallest absolute Gasteiger partial charge is 0.346 e. The first-order valence-electron chi connectivity index (χ1n) is 6.49. The Labute approximate surface area is 118 Å². The van der Waals surface area contributed by atoms with E-state index in [9.17, 15) is 4.57 Å². The Morgan fingerprint density at radius 1 is 1.21 bits per heavy atom. The molecule has 0 heterocycles. The molecule has 5 heteroatoms. The molecule has 19 heavy (non-hydrogen) atoms. The Bertz CT molecular complexity index is 320. The second kappa shape index (κ2) is 12.2. The highest BCUT2D eigenvalue weighted by atomic mass is 31.1. The van der Waals surface area contributed by atoms with Crippen LogP contribution >= 0.6 is 8.69 Å². The number of hydrogen-bond acceptors (Lipinski definition) is 4. The maximum Gasteiger partial charge on any atom is 0.346 e. The molecule has 0 fully saturated rings. The number of benzene rings is 1. The zero-order valence-corrected chi connectivity index (χ0v) is 13.1. The summed E-state index contributed by atoms with van der Waals surface area (Å²) in [4.78, 5) is 0. The van der Waals surface area contributed by atoms with E-state index >= 15 is 0 Å². The molecule has 0 spiro atoms. The summed E-state index contributed by atoms with van der Waals surface area (Å²) in [6.45, 7) is 7.69. The van der Waals surface area contributed by atoms with Crippen LogP contribution in [0.15, 0.2) is 30.3 Å². The Hall–Kier alpha value is -0.800. The molecule has 108 valence electrons. The van der Waals surface area contributed by atoms with Crippen LogP contribution in [0.25, 0.3) is 0 Å². The van der Waals surface area contributed by atoms with Crippen molar-refractivity contribution in [2.24, 2.45) is 0 Å². The molecular formula is C14H24NO3P. The third-order valence-corrected chi connectivity index (χ3v) is 2.89. The number of hydroxylamine groups is 2. The van der Waals surface area contributed by atoms with Crippen molar-refractivity contribution in [1.82, 2.24) is 5.06 Å². The molecule has 0 saturated heterocycles. The summed E-state index contributed by atoms with van der Waals surface area (Å²) < 4.78 is 19.9. The highest BCUT2D eigenvalue weighted by Gasteiger charge is 2.10. The zero-order chi connectivity index (χ0) is 14.5. The molecular weight excluding hydrogens is 261 g/mol. The van der Waals surface area contributed by atoms with Crippen molar-refractivity contribution in [1.29, 1.82) is 0 Å². The molecule has 4 nitrogen and oxygen atoms in total. The molecule has 0 aliphatic heterocycles. The van der Waals surface area contributed by atoms with Gasteiger partial charge in [0.15, 0.2) is 0 Å². The van der Waals surface area contributed by atoms with Gasteiger partial charge in [-0.1, -0.05) is 30.3 Å². The molecule has 1 aromatic rings. The van der Waals surface area contributed by atoms with E-state index in [0.717, 1.165) is 19.6 Å². The standard InChI is InChI=1S/C10H14NO2P.C4H10O/c1-9(11(2)13-14-12)8-10-6-4-3-5-7-10;1-3-5-4-2/h3-7,9H,8H2,1-2H3;3-4H2,1-2H3/t9-;/m0./s1. The fourth-order valence-corrected chi connectivity index (χ4v) is 1.69. The number of ether oxygens (including phenoxy) is 1. The third kappa shape index (κ3) is 9.74. The maximum atomic E-state index is 10.2. The van der Waals surface area contributed by atoms with Crippen molar-refractivity contribution in [2.75, 3.05) is 20.3 Å². The van der Waals surface area contributed by atoms with Gasteiger partial charge in [0.25, 0.3) is 0 Å².